The average molecular weight is 429 g/mol. The largest absolute Gasteiger partial charge is 0.283 e. The topological polar surface area (TPSA) is 41.5 Å². The van der Waals surface area contributed by atoms with E-state index in [-0.39, 0.29) is 5.91 Å². The summed E-state index contributed by atoms with van der Waals surface area (Å²) in [6, 6.07) is 24.5. The fourth-order valence-electron chi connectivity index (χ4n) is 3.71. The zero-order chi connectivity index (χ0) is 20.7. The molecule has 0 spiro atoms. The first kappa shape index (κ1) is 18.8. The third-order valence-electron chi connectivity index (χ3n) is 5.16. The van der Waals surface area contributed by atoms with Crippen LogP contribution in [0.3, 0.4) is 0 Å². The maximum absolute atomic E-state index is 12.7. The van der Waals surface area contributed by atoms with Gasteiger partial charge in [0.05, 0.1) is 11.2 Å². The fourth-order valence-corrected chi connectivity index (χ4v) is 5.22. The number of carbonyl (C=O) groups is 1. The van der Waals surface area contributed by atoms with Crippen molar-refractivity contribution in [1.82, 2.24) is 5.43 Å². The quantitative estimate of drug-likeness (QED) is 0.189. The predicted molar refractivity (Wildman–Crippen MR) is 128 cm³/mol. The van der Waals surface area contributed by atoms with E-state index >= 15 is 0 Å². The molecular weight excluding hydrogens is 412 g/mol. The smallest absolute Gasteiger partial charge is 0.266 e. The molecule has 5 aromatic rings. The van der Waals surface area contributed by atoms with E-state index in [1.165, 1.54) is 11.3 Å². The van der Waals surface area contributed by atoms with Gasteiger partial charge in [0.15, 0.2) is 0 Å². The Balaban J connectivity index is 1.51. The molecule has 0 fully saturated rings. The molecule has 5 rings (SSSR count). The Morgan fingerprint density at radius 3 is 2.30 bits per heavy atom. The van der Waals surface area contributed by atoms with Gasteiger partial charge in [0.25, 0.3) is 5.91 Å². The van der Waals surface area contributed by atoms with Crippen LogP contribution in [-0.2, 0) is 0 Å². The highest BCUT2D eigenvalue weighted by atomic mass is 35.5. The van der Waals surface area contributed by atoms with Gasteiger partial charge in [0.2, 0.25) is 0 Å². The minimum absolute atomic E-state index is 0.306. The molecule has 1 aromatic heterocycles. The normalized spacial score (nSPS) is 11.7. The molecule has 0 unspecified atom stereocenters. The van der Waals surface area contributed by atoms with E-state index in [1.807, 2.05) is 49.4 Å². The monoisotopic (exact) mass is 428 g/mol. The van der Waals surface area contributed by atoms with Crippen molar-refractivity contribution >= 4 is 66.7 Å². The van der Waals surface area contributed by atoms with Crippen LogP contribution in [0.1, 0.15) is 20.8 Å². The molecule has 0 aliphatic rings. The first-order valence-corrected chi connectivity index (χ1v) is 10.7. The molecular formula is C25H17ClN2OS. The van der Waals surface area contributed by atoms with Gasteiger partial charge in [-0.3, -0.25) is 4.79 Å². The highest BCUT2D eigenvalue weighted by Crippen LogP contribution is 2.35. The summed E-state index contributed by atoms with van der Waals surface area (Å²) >= 11 is 7.83. The van der Waals surface area contributed by atoms with Gasteiger partial charge in [-0.1, -0.05) is 72.3 Å². The summed E-state index contributed by atoms with van der Waals surface area (Å²) in [4.78, 5) is 13.2. The van der Waals surface area contributed by atoms with Gasteiger partial charge in [-0.2, -0.15) is 5.10 Å². The van der Waals surface area contributed by atoms with Gasteiger partial charge in [-0.15, -0.1) is 11.3 Å². The Kier molecular flexibility index (Phi) is 4.74. The van der Waals surface area contributed by atoms with Crippen molar-refractivity contribution in [1.29, 1.82) is 0 Å². The molecule has 1 amide bonds. The number of carbonyl (C=O) groups excluding carboxylic acids is 1. The molecule has 0 aliphatic heterocycles. The van der Waals surface area contributed by atoms with E-state index in [2.05, 4.69) is 40.9 Å². The summed E-state index contributed by atoms with van der Waals surface area (Å²) in [6.07, 6.45) is 1.72. The molecule has 0 aliphatic carbocycles. The second-order valence-electron chi connectivity index (χ2n) is 7.18. The number of thiophene rings is 1. The molecule has 5 heteroatoms. The first-order chi connectivity index (χ1) is 14.6. The number of hydrogen-bond acceptors (Lipinski definition) is 3. The van der Waals surface area contributed by atoms with Crippen molar-refractivity contribution in [3.8, 4) is 0 Å². The summed E-state index contributed by atoms with van der Waals surface area (Å²) in [5.74, 6) is -0.306. The number of amides is 1. The zero-order valence-corrected chi connectivity index (χ0v) is 17.7. The SMILES string of the molecule is Cc1ccc2c(Cl)c(C(=O)NN=Cc3c4ccccc4cc4ccccc34)sc2c1. The third kappa shape index (κ3) is 3.24. The van der Waals surface area contributed by atoms with Crippen molar-refractivity contribution in [2.24, 2.45) is 5.10 Å². The molecule has 3 nitrogen and oxygen atoms in total. The van der Waals surface area contributed by atoms with Crippen LogP contribution in [0, 0.1) is 6.92 Å². The maximum atomic E-state index is 12.7. The molecule has 0 saturated carbocycles. The van der Waals surface area contributed by atoms with Crippen LogP contribution in [0.5, 0.6) is 0 Å². The minimum atomic E-state index is -0.306. The van der Waals surface area contributed by atoms with Gasteiger partial charge in [0.1, 0.15) is 4.88 Å². The number of nitrogens with zero attached hydrogens (tertiary/aromatic N) is 1. The molecule has 1 heterocycles. The molecule has 4 aromatic carbocycles. The van der Waals surface area contributed by atoms with Crippen LogP contribution in [0.25, 0.3) is 31.6 Å². The lowest BCUT2D eigenvalue weighted by Crippen LogP contribution is -2.16. The van der Waals surface area contributed by atoms with Gasteiger partial charge in [0, 0.05) is 15.6 Å². The Labute approximate surface area is 182 Å². The van der Waals surface area contributed by atoms with Gasteiger partial charge in [-0.25, -0.2) is 5.43 Å². The van der Waals surface area contributed by atoms with Gasteiger partial charge < -0.3 is 0 Å². The third-order valence-corrected chi connectivity index (χ3v) is 6.82. The highest BCUT2D eigenvalue weighted by molar-refractivity contribution is 7.21. The average Bonchev–Trinajstić information content (AvgIpc) is 3.08. The van der Waals surface area contributed by atoms with Crippen molar-refractivity contribution in [3.63, 3.8) is 0 Å². The van der Waals surface area contributed by atoms with Crippen LogP contribution in [0.15, 0.2) is 77.9 Å². The van der Waals surface area contributed by atoms with Crippen LogP contribution in [0.4, 0.5) is 0 Å². The zero-order valence-electron chi connectivity index (χ0n) is 16.1. The molecule has 1 N–H and O–H groups in total. The van der Waals surface area contributed by atoms with Crippen LogP contribution in [0.2, 0.25) is 5.02 Å². The summed E-state index contributed by atoms with van der Waals surface area (Å²) in [7, 11) is 0. The minimum Gasteiger partial charge on any atom is -0.266 e. The van der Waals surface area contributed by atoms with E-state index < -0.39 is 0 Å². The molecule has 30 heavy (non-hydrogen) atoms. The lowest BCUT2D eigenvalue weighted by atomic mass is 9.97. The maximum Gasteiger partial charge on any atom is 0.283 e. The summed E-state index contributed by atoms with van der Waals surface area (Å²) in [6.45, 7) is 2.02. The summed E-state index contributed by atoms with van der Waals surface area (Å²) < 4.78 is 0.995. The number of fused-ring (bicyclic) bond motifs is 3. The number of hydrazone groups is 1. The molecule has 0 bridgehead atoms. The number of halogens is 1. The Morgan fingerprint density at radius 1 is 0.933 bits per heavy atom. The van der Waals surface area contributed by atoms with E-state index in [0.717, 1.165) is 42.8 Å². The van der Waals surface area contributed by atoms with Gasteiger partial charge in [-0.05, 0) is 46.2 Å². The van der Waals surface area contributed by atoms with Crippen LogP contribution in [-0.4, -0.2) is 12.1 Å². The number of nitrogens with one attached hydrogen (secondary N) is 1. The molecule has 0 radical (unpaired) electrons. The van der Waals surface area contributed by atoms with Crippen LogP contribution < -0.4 is 5.43 Å². The standard InChI is InChI=1S/C25H17ClN2OS/c1-15-10-11-20-22(12-15)30-24(23(20)26)25(29)28-27-14-21-18-8-4-2-6-16(18)13-17-7-3-5-9-19(17)21/h2-14H,1H3,(H,28,29). The van der Waals surface area contributed by atoms with E-state index in [1.54, 1.807) is 6.21 Å². The van der Waals surface area contributed by atoms with Crippen molar-refractivity contribution in [2.75, 3.05) is 0 Å². The van der Waals surface area contributed by atoms with Crippen LogP contribution >= 0.6 is 22.9 Å². The Bertz CT molecular complexity index is 1410. The summed E-state index contributed by atoms with van der Waals surface area (Å²) in [5.41, 5.74) is 4.76. The lowest BCUT2D eigenvalue weighted by molar-refractivity contribution is 0.0959. The number of benzene rings is 4. The van der Waals surface area contributed by atoms with Crippen molar-refractivity contribution in [3.05, 3.63) is 93.8 Å². The predicted octanol–water partition coefficient (Wildman–Crippen LogP) is 6.93. The second-order valence-corrected chi connectivity index (χ2v) is 8.61. The van der Waals surface area contributed by atoms with Crippen molar-refractivity contribution in [2.45, 2.75) is 6.92 Å². The first-order valence-electron chi connectivity index (χ1n) is 9.54. The second kappa shape index (κ2) is 7.56. The summed E-state index contributed by atoms with van der Waals surface area (Å²) in [5, 5.41) is 10.1. The Hall–Kier alpha value is -3.21. The number of aryl methyl sites for hydroxylation is 1. The lowest BCUT2D eigenvalue weighted by Gasteiger charge is -2.07. The number of hydrogen-bond donors (Lipinski definition) is 1. The van der Waals surface area contributed by atoms with E-state index in [9.17, 15) is 4.79 Å². The number of rotatable bonds is 3. The van der Waals surface area contributed by atoms with E-state index in [4.69, 9.17) is 11.6 Å². The molecule has 0 saturated heterocycles. The molecule has 0 atom stereocenters. The van der Waals surface area contributed by atoms with E-state index in [0.29, 0.717) is 9.90 Å². The Morgan fingerprint density at radius 2 is 1.60 bits per heavy atom. The van der Waals surface area contributed by atoms with Gasteiger partial charge >= 0.3 is 0 Å². The van der Waals surface area contributed by atoms with Crippen molar-refractivity contribution < 1.29 is 4.79 Å². The highest BCUT2D eigenvalue weighted by Gasteiger charge is 2.17. The fraction of sp³-hybridized carbons (Fsp3) is 0.0400. The molecule has 146 valence electrons.